The Morgan fingerprint density at radius 2 is 2.18 bits per heavy atom. The minimum absolute atomic E-state index is 0.665. The number of hydrogen-bond donors (Lipinski definition) is 1. The van der Waals surface area contributed by atoms with Crippen molar-refractivity contribution < 1.29 is 4.74 Å². The maximum Gasteiger partial charge on any atom is 0.156 e. The SMILES string of the molecule is CCCCOCCCNC1=NCC(C(C)C)S1. The molecule has 17 heavy (non-hydrogen) atoms. The highest BCUT2D eigenvalue weighted by Gasteiger charge is 2.21. The summed E-state index contributed by atoms with van der Waals surface area (Å²) in [6.07, 6.45) is 3.45. The molecule has 0 aromatic carbocycles. The summed E-state index contributed by atoms with van der Waals surface area (Å²) in [6.45, 7) is 10.4. The number of nitrogens with one attached hydrogen (secondary N) is 1. The topological polar surface area (TPSA) is 33.6 Å². The van der Waals surface area contributed by atoms with Gasteiger partial charge in [-0.15, -0.1) is 0 Å². The third-order valence-corrected chi connectivity index (χ3v) is 4.30. The van der Waals surface area contributed by atoms with Crippen molar-refractivity contribution in [2.75, 3.05) is 26.3 Å². The second kappa shape index (κ2) is 8.81. The first-order valence-electron chi connectivity index (χ1n) is 6.76. The summed E-state index contributed by atoms with van der Waals surface area (Å²) in [5.74, 6) is 0.709. The molecule has 1 aliphatic heterocycles. The van der Waals surface area contributed by atoms with Gasteiger partial charge in [0.15, 0.2) is 5.17 Å². The van der Waals surface area contributed by atoms with Crippen LogP contribution in [0.15, 0.2) is 4.99 Å². The van der Waals surface area contributed by atoms with Crippen molar-refractivity contribution in [1.29, 1.82) is 0 Å². The van der Waals surface area contributed by atoms with E-state index in [2.05, 4.69) is 31.1 Å². The van der Waals surface area contributed by atoms with Gasteiger partial charge < -0.3 is 10.1 Å². The molecule has 3 nitrogen and oxygen atoms in total. The van der Waals surface area contributed by atoms with Crippen LogP contribution in [0.1, 0.15) is 40.0 Å². The molecule has 1 aliphatic rings. The van der Waals surface area contributed by atoms with Crippen molar-refractivity contribution in [3.05, 3.63) is 0 Å². The number of amidine groups is 1. The van der Waals surface area contributed by atoms with Gasteiger partial charge in [0.2, 0.25) is 0 Å². The monoisotopic (exact) mass is 258 g/mol. The van der Waals surface area contributed by atoms with Gasteiger partial charge in [0.25, 0.3) is 0 Å². The van der Waals surface area contributed by atoms with Crippen molar-refractivity contribution in [2.24, 2.45) is 10.9 Å². The number of unbranched alkanes of at least 4 members (excludes halogenated alkanes) is 1. The fraction of sp³-hybridized carbons (Fsp3) is 0.923. The van der Waals surface area contributed by atoms with Crippen molar-refractivity contribution in [3.63, 3.8) is 0 Å². The van der Waals surface area contributed by atoms with Gasteiger partial charge in [0.05, 0.1) is 6.54 Å². The predicted octanol–water partition coefficient (Wildman–Crippen LogP) is 2.91. The largest absolute Gasteiger partial charge is 0.381 e. The number of thioether (sulfide) groups is 1. The number of rotatable bonds is 8. The fourth-order valence-corrected chi connectivity index (χ4v) is 2.60. The Morgan fingerprint density at radius 3 is 2.82 bits per heavy atom. The third kappa shape index (κ3) is 6.32. The van der Waals surface area contributed by atoms with Crippen LogP contribution in [0.3, 0.4) is 0 Å². The Balaban J connectivity index is 1.94. The molecule has 0 radical (unpaired) electrons. The second-order valence-corrected chi connectivity index (χ2v) is 6.02. The fourth-order valence-electron chi connectivity index (χ4n) is 1.55. The van der Waals surface area contributed by atoms with Crippen LogP contribution in [0.5, 0.6) is 0 Å². The van der Waals surface area contributed by atoms with Crippen LogP contribution < -0.4 is 5.32 Å². The zero-order valence-corrected chi connectivity index (χ0v) is 12.2. The molecule has 0 bridgehead atoms. The molecule has 0 aromatic heterocycles. The molecule has 1 heterocycles. The number of ether oxygens (including phenoxy) is 1. The molecule has 0 saturated heterocycles. The Hall–Kier alpha value is -0.220. The average Bonchev–Trinajstić information content (AvgIpc) is 2.77. The van der Waals surface area contributed by atoms with Gasteiger partial charge >= 0.3 is 0 Å². The minimum atomic E-state index is 0.665. The molecule has 4 heteroatoms. The van der Waals surface area contributed by atoms with Crippen LogP contribution in [-0.2, 0) is 4.74 Å². The van der Waals surface area contributed by atoms with E-state index >= 15 is 0 Å². The predicted molar refractivity (Wildman–Crippen MR) is 76.9 cm³/mol. The van der Waals surface area contributed by atoms with E-state index in [0.717, 1.165) is 37.9 Å². The van der Waals surface area contributed by atoms with Crippen LogP contribution in [0.4, 0.5) is 0 Å². The summed E-state index contributed by atoms with van der Waals surface area (Å²) in [7, 11) is 0. The molecule has 1 rings (SSSR count). The zero-order valence-electron chi connectivity index (χ0n) is 11.4. The minimum Gasteiger partial charge on any atom is -0.381 e. The summed E-state index contributed by atoms with van der Waals surface area (Å²) in [4.78, 5) is 4.51. The maximum atomic E-state index is 5.51. The van der Waals surface area contributed by atoms with E-state index in [1.165, 1.54) is 12.8 Å². The Labute approximate surface area is 110 Å². The lowest BCUT2D eigenvalue weighted by atomic mass is 10.1. The Morgan fingerprint density at radius 1 is 1.41 bits per heavy atom. The van der Waals surface area contributed by atoms with E-state index in [1.807, 2.05) is 11.8 Å². The zero-order chi connectivity index (χ0) is 12.5. The van der Waals surface area contributed by atoms with Crippen molar-refractivity contribution in [2.45, 2.75) is 45.3 Å². The van der Waals surface area contributed by atoms with Crippen molar-refractivity contribution >= 4 is 16.9 Å². The summed E-state index contributed by atoms with van der Waals surface area (Å²) < 4.78 is 5.51. The molecule has 0 fully saturated rings. The smallest absolute Gasteiger partial charge is 0.156 e. The first kappa shape index (κ1) is 14.8. The number of hydrogen-bond acceptors (Lipinski definition) is 4. The van der Waals surface area contributed by atoms with E-state index in [4.69, 9.17) is 4.74 Å². The standard InChI is InChI=1S/C13H26N2OS/c1-4-5-8-16-9-6-7-14-13-15-10-12(17-13)11(2)3/h11-12H,4-10H2,1-3H3,(H,14,15). The number of aliphatic imine (C=N–C) groups is 1. The van der Waals surface area contributed by atoms with Gasteiger partial charge in [-0.3, -0.25) is 4.99 Å². The maximum absolute atomic E-state index is 5.51. The molecule has 0 aliphatic carbocycles. The highest BCUT2D eigenvalue weighted by Crippen LogP contribution is 2.25. The lowest BCUT2D eigenvalue weighted by molar-refractivity contribution is 0.129. The summed E-state index contributed by atoms with van der Waals surface area (Å²) in [5, 5.41) is 5.18. The quantitative estimate of drug-likeness (QED) is 0.680. The molecule has 1 unspecified atom stereocenters. The second-order valence-electron chi connectivity index (χ2n) is 4.79. The Bertz CT molecular complexity index is 231. The van der Waals surface area contributed by atoms with Crippen LogP contribution in [0.25, 0.3) is 0 Å². The third-order valence-electron chi connectivity index (χ3n) is 2.81. The first-order chi connectivity index (χ1) is 8.24. The molecular weight excluding hydrogens is 232 g/mol. The van der Waals surface area contributed by atoms with Crippen molar-refractivity contribution in [3.8, 4) is 0 Å². The number of nitrogens with zero attached hydrogens (tertiary/aromatic N) is 1. The highest BCUT2D eigenvalue weighted by molar-refractivity contribution is 8.14. The van der Waals surface area contributed by atoms with E-state index in [1.54, 1.807) is 0 Å². The highest BCUT2D eigenvalue weighted by atomic mass is 32.2. The molecule has 0 spiro atoms. The van der Waals surface area contributed by atoms with E-state index < -0.39 is 0 Å². The van der Waals surface area contributed by atoms with Gasteiger partial charge in [0, 0.05) is 25.0 Å². The van der Waals surface area contributed by atoms with Gasteiger partial charge in [0.1, 0.15) is 0 Å². The first-order valence-corrected chi connectivity index (χ1v) is 7.64. The van der Waals surface area contributed by atoms with Crippen LogP contribution in [0, 0.1) is 5.92 Å². The van der Waals surface area contributed by atoms with Gasteiger partial charge in [-0.2, -0.15) is 0 Å². The molecule has 1 N–H and O–H groups in total. The lowest BCUT2D eigenvalue weighted by Gasteiger charge is -2.12. The van der Waals surface area contributed by atoms with Gasteiger partial charge in [-0.1, -0.05) is 39.0 Å². The molecule has 0 saturated carbocycles. The van der Waals surface area contributed by atoms with E-state index in [0.29, 0.717) is 11.2 Å². The normalized spacial score (nSPS) is 19.8. The molecule has 0 aromatic rings. The summed E-state index contributed by atoms with van der Waals surface area (Å²) in [5.41, 5.74) is 0. The van der Waals surface area contributed by atoms with Gasteiger partial charge in [-0.25, -0.2) is 0 Å². The van der Waals surface area contributed by atoms with Crippen LogP contribution >= 0.6 is 11.8 Å². The molecular formula is C13H26N2OS. The molecule has 100 valence electrons. The molecule has 1 atom stereocenters. The summed E-state index contributed by atoms with van der Waals surface area (Å²) in [6, 6.07) is 0. The lowest BCUT2D eigenvalue weighted by Crippen LogP contribution is -2.22. The van der Waals surface area contributed by atoms with E-state index in [9.17, 15) is 0 Å². The average molecular weight is 258 g/mol. The van der Waals surface area contributed by atoms with Crippen molar-refractivity contribution in [1.82, 2.24) is 5.32 Å². The Kier molecular flexibility index (Phi) is 7.69. The van der Waals surface area contributed by atoms with E-state index in [-0.39, 0.29) is 0 Å². The van der Waals surface area contributed by atoms with Gasteiger partial charge in [-0.05, 0) is 18.8 Å². The van der Waals surface area contributed by atoms with Crippen LogP contribution in [0.2, 0.25) is 0 Å². The molecule has 0 amide bonds. The van der Waals surface area contributed by atoms with Crippen LogP contribution in [-0.4, -0.2) is 36.7 Å². The summed E-state index contributed by atoms with van der Waals surface area (Å²) >= 11 is 1.89.